The predicted molar refractivity (Wildman–Crippen MR) is 93.8 cm³/mol. The first-order valence-corrected chi connectivity index (χ1v) is 10.8. The molecule has 1 N–H and O–H groups in total. The highest BCUT2D eigenvalue weighted by Crippen LogP contribution is 2.38. The van der Waals surface area contributed by atoms with E-state index in [1.807, 2.05) is 32.0 Å². The standard InChI is InChI=1S/C18H28O3Si/c1-12-13(2)21-17-14(12)9-8-10-15(17)16(19)11-20-22(6,7)18(3,4)5/h8-10,16,19H,11H2,1-7H3. The molecule has 0 fully saturated rings. The molecule has 2 rings (SSSR count). The number of aryl methyl sites for hydroxylation is 2. The van der Waals surface area contributed by atoms with Crippen LogP contribution < -0.4 is 0 Å². The molecular weight excluding hydrogens is 292 g/mol. The van der Waals surface area contributed by atoms with Crippen LogP contribution in [0.5, 0.6) is 0 Å². The summed E-state index contributed by atoms with van der Waals surface area (Å²) in [6, 6.07) is 5.92. The van der Waals surface area contributed by atoms with Crippen LogP contribution in [0, 0.1) is 13.8 Å². The first-order valence-electron chi connectivity index (χ1n) is 7.85. The van der Waals surface area contributed by atoms with Gasteiger partial charge in [-0.3, -0.25) is 0 Å². The number of furan rings is 1. The summed E-state index contributed by atoms with van der Waals surface area (Å²) in [4.78, 5) is 0. The fraction of sp³-hybridized carbons (Fsp3) is 0.556. The van der Waals surface area contributed by atoms with Crippen molar-refractivity contribution >= 4 is 19.3 Å². The van der Waals surface area contributed by atoms with Crippen molar-refractivity contribution in [2.24, 2.45) is 0 Å². The molecule has 0 saturated carbocycles. The van der Waals surface area contributed by atoms with E-state index in [0.29, 0.717) is 6.61 Å². The van der Waals surface area contributed by atoms with Crippen LogP contribution in [-0.4, -0.2) is 20.0 Å². The molecule has 0 radical (unpaired) electrons. The third-order valence-corrected chi connectivity index (χ3v) is 9.50. The van der Waals surface area contributed by atoms with Gasteiger partial charge in [-0.05, 0) is 37.5 Å². The number of hydrogen-bond donors (Lipinski definition) is 1. The van der Waals surface area contributed by atoms with E-state index in [1.165, 1.54) is 0 Å². The average Bonchev–Trinajstić information content (AvgIpc) is 2.70. The second kappa shape index (κ2) is 5.83. The van der Waals surface area contributed by atoms with Gasteiger partial charge in [0, 0.05) is 10.9 Å². The number of aliphatic hydroxyl groups excluding tert-OH is 1. The fourth-order valence-corrected chi connectivity index (χ4v) is 3.25. The highest BCUT2D eigenvalue weighted by Gasteiger charge is 2.37. The van der Waals surface area contributed by atoms with Gasteiger partial charge in [-0.15, -0.1) is 0 Å². The maximum absolute atomic E-state index is 10.6. The molecule has 2 aromatic rings. The molecule has 122 valence electrons. The summed E-state index contributed by atoms with van der Waals surface area (Å²) < 4.78 is 12.0. The molecular formula is C18H28O3Si. The van der Waals surface area contributed by atoms with Crippen molar-refractivity contribution in [2.45, 2.75) is 58.9 Å². The molecule has 1 heterocycles. The summed E-state index contributed by atoms with van der Waals surface area (Å²) in [7, 11) is -1.86. The van der Waals surface area contributed by atoms with Crippen molar-refractivity contribution in [3.63, 3.8) is 0 Å². The second-order valence-electron chi connectivity index (χ2n) is 7.59. The summed E-state index contributed by atoms with van der Waals surface area (Å²) in [5, 5.41) is 11.8. The highest BCUT2D eigenvalue weighted by molar-refractivity contribution is 6.74. The molecule has 1 atom stereocenters. The van der Waals surface area contributed by atoms with E-state index in [-0.39, 0.29) is 5.04 Å². The van der Waals surface area contributed by atoms with Gasteiger partial charge in [-0.1, -0.05) is 39.0 Å². The lowest BCUT2D eigenvalue weighted by Gasteiger charge is -2.36. The van der Waals surface area contributed by atoms with E-state index >= 15 is 0 Å². The maximum Gasteiger partial charge on any atom is 0.192 e. The zero-order chi connectivity index (χ0) is 16.7. The number of fused-ring (bicyclic) bond motifs is 1. The molecule has 3 nitrogen and oxygen atoms in total. The number of hydrogen-bond acceptors (Lipinski definition) is 3. The van der Waals surface area contributed by atoms with Gasteiger partial charge in [-0.25, -0.2) is 0 Å². The summed E-state index contributed by atoms with van der Waals surface area (Å²) in [6.07, 6.45) is -0.664. The second-order valence-corrected chi connectivity index (χ2v) is 12.4. The quantitative estimate of drug-likeness (QED) is 0.796. The minimum atomic E-state index is -1.86. The Labute approximate surface area is 134 Å². The Kier molecular flexibility index (Phi) is 4.58. The van der Waals surface area contributed by atoms with Gasteiger partial charge in [0.2, 0.25) is 0 Å². The van der Waals surface area contributed by atoms with E-state index in [2.05, 4.69) is 33.9 Å². The fourth-order valence-electron chi connectivity index (χ4n) is 2.24. The van der Waals surface area contributed by atoms with Crippen molar-refractivity contribution < 1.29 is 13.9 Å². The van der Waals surface area contributed by atoms with Crippen molar-refractivity contribution in [1.82, 2.24) is 0 Å². The van der Waals surface area contributed by atoms with E-state index < -0.39 is 14.4 Å². The SMILES string of the molecule is Cc1oc2c(C(O)CO[Si](C)(C)C(C)(C)C)cccc2c1C. The molecule has 0 amide bonds. The van der Waals surface area contributed by atoms with Gasteiger partial charge < -0.3 is 13.9 Å². The lowest BCUT2D eigenvalue weighted by atomic mass is 10.1. The van der Waals surface area contributed by atoms with Crippen molar-refractivity contribution in [3.05, 3.63) is 35.1 Å². The summed E-state index contributed by atoms with van der Waals surface area (Å²) >= 11 is 0. The number of para-hydroxylation sites is 1. The molecule has 0 aliphatic heterocycles. The molecule has 1 aromatic carbocycles. The lowest BCUT2D eigenvalue weighted by molar-refractivity contribution is 0.101. The molecule has 0 aliphatic carbocycles. The topological polar surface area (TPSA) is 42.6 Å². The van der Waals surface area contributed by atoms with E-state index in [9.17, 15) is 5.11 Å². The van der Waals surface area contributed by atoms with Crippen LogP contribution in [0.4, 0.5) is 0 Å². The average molecular weight is 321 g/mol. The molecule has 0 spiro atoms. The molecule has 0 aliphatic rings. The third-order valence-electron chi connectivity index (χ3n) is 5.00. The Morgan fingerprint density at radius 1 is 1.23 bits per heavy atom. The normalized spacial score (nSPS) is 14.5. The van der Waals surface area contributed by atoms with E-state index in [4.69, 9.17) is 8.84 Å². The van der Waals surface area contributed by atoms with Gasteiger partial charge in [0.15, 0.2) is 8.32 Å². The predicted octanol–water partition coefficient (Wildman–Crippen LogP) is 5.10. The summed E-state index contributed by atoms with van der Waals surface area (Å²) in [6.45, 7) is 15.3. The number of benzene rings is 1. The molecule has 1 aromatic heterocycles. The Hall–Kier alpha value is -1.10. The van der Waals surface area contributed by atoms with Crippen LogP contribution in [0.2, 0.25) is 18.1 Å². The van der Waals surface area contributed by atoms with Crippen LogP contribution in [-0.2, 0) is 4.43 Å². The van der Waals surface area contributed by atoms with E-state index in [0.717, 1.165) is 27.9 Å². The lowest BCUT2D eigenvalue weighted by Crippen LogP contribution is -2.41. The van der Waals surface area contributed by atoms with Crippen LogP contribution in [0.25, 0.3) is 11.0 Å². The summed E-state index contributed by atoms with van der Waals surface area (Å²) in [5.41, 5.74) is 2.73. The molecule has 4 heteroatoms. The van der Waals surface area contributed by atoms with Crippen molar-refractivity contribution in [1.29, 1.82) is 0 Å². The van der Waals surface area contributed by atoms with Gasteiger partial charge in [0.1, 0.15) is 17.4 Å². The van der Waals surface area contributed by atoms with Gasteiger partial charge >= 0.3 is 0 Å². The zero-order valence-corrected chi connectivity index (χ0v) is 15.8. The number of rotatable bonds is 4. The minimum absolute atomic E-state index is 0.136. The van der Waals surface area contributed by atoms with E-state index in [1.54, 1.807) is 0 Å². The Morgan fingerprint density at radius 2 is 1.86 bits per heavy atom. The van der Waals surface area contributed by atoms with Crippen LogP contribution >= 0.6 is 0 Å². The third kappa shape index (κ3) is 3.14. The first kappa shape index (κ1) is 17.3. The molecule has 0 saturated heterocycles. The first-order chi connectivity index (χ1) is 10.0. The molecule has 0 bridgehead atoms. The largest absolute Gasteiger partial charge is 0.461 e. The Morgan fingerprint density at radius 3 is 2.45 bits per heavy atom. The molecule has 22 heavy (non-hydrogen) atoms. The molecule has 1 unspecified atom stereocenters. The Bertz CT molecular complexity index is 665. The minimum Gasteiger partial charge on any atom is -0.461 e. The highest BCUT2D eigenvalue weighted by atomic mass is 28.4. The summed E-state index contributed by atoms with van der Waals surface area (Å²) in [5.74, 6) is 0.903. The van der Waals surface area contributed by atoms with Crippen LogP contribution in [0.1, 0.15) is 43.8 Å². The number of aliphatic hydroxyl groups is 1. The van der Waals surface area contributed by atoms with Crippen molar-refractivity contribution in [3.8, 4) is 0 Å². The monoisotopic (exact) mass is 320 g/mol. The maximum atomic E-state index is 10.6. The van der Waals surface area contributed by atoms with Crippen molar-refractivity contribution in [2.75, 3.05) is 6.61 Å². The van der Waals surface area contributed by atoms with Gasteiger partial charge in [0.05, 0.1) is 6.61 Å². The van der Waals surface area contributed by atoms with Crippen LogP contribution in [0.3, 0.4) is 0 Å². The zero-order valence-electron chi connectivity index (χ0n) is 14.8. The van der Waals surface area contributed by atoms with Gasteiger partial charge in [-0.2, -0.15) is 0 Å². The van der Waals surface area contributed by atoms with Crippen LogP contribution in [0.15, 0.2) is 22.6 Å². The Balaban J connectivity index is 2.24. The van der Waals surface area contributed by atoms with Gasteiger partial charge in [0.25, 0.3) is 0 Å². The smallest absolute Gasteiger partial charge is 0.192 e.